The van der Waals surface area contributed by atoms with Gasteiger partial charge in [-0.15, -0.1) is 0 Å². The molecular formula is C25H39NO4. The van der Waals surface area contributed by atoms with E-state index in [1.54, 1.807) is 6.92 Å². The van der Waals surface area contributed by atoms with Gasteiger partial charge in [0.2, 0.25) is 0 Å². The number of hydrogen-bond donors (Lipinski definition) is 4. The molecule has 168 valence electrons. The molecule has 4 N–H and O–H groups in total. The van der Waals surface area contributed by atoms with Crippen molar-refractivity contribution in [1.29, 1.82) is 0 Å². The molecule has 0 radical (unpaired) electrons. The van der Waals surface area contributed by atoms with Crippen molar-refractivity contribution in [3.8, 4) is 5.75 Å². The molecule has 0 spiro atoms. The van der Waals surface area contributed by atoms with Gasteiger partial charge in [-0.3, -0.25) is 4.98 Å². The fourth-order valence-corrected chi connectivity index (χ4v) is 3.56. The van der Waals surface area contributed by atoms with Gasteiger partial charge in [0.05, 0.1) is 30.7 Å². The van der Waals surface area contributed by atoms with Gasteiger partial charge >= 0.3 is 0 Å². The van der Waals surface area contributed by atoms with Gasteiger partial charge in [-0.05, 0) is 57.9 Å². The quantitative estimate of drug-likeness (QED) is 0.398. The van der Waals surface area contributed by atoms with E-state index in [9.17, 15) is 20.4 Å². The van der Waals surface area contributed by atoms with Crippen LogP contribution in [0.15, 0.2) is 35.5 Å². The van der Waals surface area contributed by atoms with E-state index in [1.807, 2.05) is 19.9 Å². The second kappa shape index (κ2) is 12.7. The molecule has 0 saturated carbocycles. The predicted octanol–water partition coefficient (Wildman–Crippen LogP) is 4.50. The van der Waals surface area contributed by atoms with E-state index < -0.39 is 0 Å². The van der Waals surface area contributed by atoms with Gasteiger partial charge < -0.3 is 20.4 Å². The van der Waals surface area contributed by atoms with Crippen LogP contribution >= 0.6 is 0 Å². The Kier molecular flexibility index (Phi) is 11.0. The summed E-state index contributed by atoms with van der Waals surface area (Å²) in [5.41, 5.74) is 4.15. The molecule has 0 aromatic carbocycles. The third-order valence-corrected chi connectivity index (χ3v) is 5.75. The first-order valence-corrected chi connectivity index (χ1v) is 10.7. The standard InChI is InChI=1S/C25H39NO4/c1-7-18(4)24(29)19(5)13-17(3)10-8-9-16(2)11-12-22-20(6)25(30)21(14-27)23(15-28)26-22/h7-8,10-11,17,19,24,27-29H,9,12-15H2,1-6H3,(H,26,30)/b10-8+,16-11+,18-7+/t17?,19-,24+/m1/s1. The number of aliphatic hydroxyl groups is 3. The van der Waals surface area contributed by atoms with Crippen molar-refractivity contribution in [1.82, 2.24) is 4.98 Å². The maximum atomic E-state index is 10.3. The molecule has 0 fully saturated rings. The summed E-state index contributed by atoms with van der Waals surface area (Å²) in [6.45, 7) is 11.3. The molecule has 0 aliphatic rings. The Morgan fingerprint density at radius 3 is 2.33 bits per heavy atom. The van der Waals surface area contributed by atoms with E-state index in [4.69, 9.17) is 0 Å². The van der Waals surface area contributed by atoms with Gasteiger partial charge in [0.1, 0.15) is 5.75 Å². The second-order valence-electron chi connectivity index (χ2n) is 8.33. The molecule has 0 aliphatic heterocycles. The fraction of sp³-hybridized carbons (Fsp3) is 0.560. The summed E-state index contributed by atoms with van der Waals surface area (Å²) in [6.07, 6.45) is 10.3. The SMILES string of the molecule is C/C=C(\C)[C@H](O)[C@H](C)CC(C)/C=C/C/C(C)=C/Cc1nc(CO)c(CO)c(O)c1C. The predicted molar refractivity (Wildman–Crippen MR) is 122 cm³/mol. The lowest BCUT2D eigenvalue weighted by atomic mass is 9.89. The summed E-state index contributed by atoms with van der Waals surface area (Å²) >= 11 is 0. The maximum absolute atomic E-state index is 10.3. The van der Waals surface area contributed by atoms with E-state index in [2.05, 4.69) is 44.0 Å². The molecule has 3 atom stereocenters. The highest BCUT2D eigenvalue weighted by Crippen LogP contribution is 2.28. The van der Waals surface area contributed by atoms with Gasteiger partial charge in [-0.25, -0.2) is 0 Å². The number of pyridine rings is 1. The zero-order valence-corrected chi connectivity index (χ0v) is 19.3. The van der Waals surface area contributed by atoms with Crippen molar-refractivity contribution >= 4 is 0 Å². The first kappa shape index (κ1) is 26.1. The summed E-state index contributed by atoms with van der Waals surface area (Å²) < 4.78 is 0. The molecule has 1 unspecified atom stereocenters. The van der Waals surface area contributed by atoms with Gasteiger partial charge in [-0.1, -0.05) is 43.7 Å². The molecule has 0 aliphatic carbocycles. The number of aromatic nitrogens is 1. The second-order valence-corrected chi connectivity index (χ2v) is 8.33. The monoisotopic (exact) mass is 417 g/mol. The molecule has 0 saturated heterocycles. The first-order chi connectivity index (χ1) is 14.2. The van der Waals surface area contributed by atoms with E-state index in [0.717, 1.165) is 18.4 Å². The van der Waals surface area contributed by atoms with Crippen molar-refractivity contribution < 1.29 is 20.4 Å². The largest absolute Gasteiger partial charge is 0.507 e. The van der Waals surface area contributed by atoms with Crippen molar-refractivity contribution in [2.24, 2.45) is 11.8 Å². The van der Waals surface area contributed by atoms with Gasteiger partial charge in [0.25, 0.3) is 0 Å². The molecule has 1 aromatic heterocycles. The molecule has 5 nitrogen and oxygen atoms in total. The lowest BCUT2D eigenvalue weighted by Gasteiger charge is -2.21. The Labute approximate surface area is 181 Å². The first-order valence-electron chi connectivity index (χ1n) is 10.7. The summed E-state index contributed by atoms with van der Waals surface area (Å²) in [4.78, 5) is 4.41. The van der Waals surface area contributed by atoms with Gasteiger partial charge in [-0.2, -0.15) is 0 Å². The smallest absolute Gasteiger partial charge is 0.127 e. The summed E-state index contributed by atoms with van der Waals surface area (Å²) in [5.74, 6) is 0.601. The third kappa shape index (κ3) is 7.38. The minimum absolute atomic E-state index is 0.00999. The lowest BCUT2D eigenvalue weighted by molar-refractivity contribution is 0.139. The van der Waals surface area contributed by atoms with Crippen LogP contribution in [0.1, 0.15) is 70.0 Å². The van der Waals surface area contributed by atoms with E-state index in [1.165, 1.54) is 5.57 Å². The van der Waals surface area contributed by atoms with Crippen LogP contribution in [-0.2, 0) is 19.6 Å². The summed E-state index contributed by atoms with van der Waals surface area (Å²) in [6, 6.07) is 0. The average Bonchev–Trinajstić information content (AvgIpc) is 2.73. The van der Waals surface area contributed by atoms with Gasteiger partial charge in [0, 0.05) is 17.5 Å². The van der Waals surface area contributed by atoms with E-state index in [0.29, 0.717) is 34.9 Å². The summed E-state index contributed by atoms with van der Waals surface area (Å²) in [7, 11) is 0. The number of allylic oxidation sites excluding steroid dienone is 5. The van der Waals surface area contributed by atoms with E-state index in [-0.39, 0.29) is 31.0 Å². The van der Waals surface area contributed by atoms with Crippen molar-refractivity contribution in [2.45, 2.75) is 80.1 Å². The van der Waals surface area contributed by atoms with Crippen LogP contribution in [0.2, 0.25) is 0 Å². The zero-order chi connectivity index (χ0) is 22.8. The maximum Gasteiger partial charge on any atom is 0.127 e. The molecule has 0 amide bonds. The minimum Gasteiger partial charge on any atom is -0.507 e. The average molecular weight is 418 g/mol. The van der Waals surface area contributed by atoms with Crippen LogP contribution in [0.4, 0.5) is 0 Å². The van der Waals surface area contributed by atoms with Gasteiger partial charge in [0.15, 0.2) is 0 Å². The minimum atomic E-state index is -0.388. The van der Waals surface area contributed by atoms with Crippen LogP contribution in [0.5, 0.6) is 5.75 Å². The van der Waals surface area contributed by atoms with Crippen molar-refractivity contribution in [3.05, 3.63) is 58.0 Å². The van der Waals surface area contributed by atoms with Crippen LogP contribution in [-0.4, -0.2) is 31.5 Å². The third-order valence-electron chi connectivity index (χ3n) is 5.75. The van der Waals surface area contributed by atoms with Crippen LogP contribution in [0, 0.1) is 18.8 Å². The lowest BCUT2D eigenvalue weighted by Crippen LogP contribution is -2.20. The normalized spacial score (nSPS) is 16.2. The topological polar surface area (TPSA) is 93.8 Å². The highest BCUT2D eigenvalue weighted by Gasteiger charge is 2.17. The van der Waals surface area contributed by atoms with Crippen LogP contribution in [0.3, 0.4) is 0 Å². The van der Waals surface area contributed by atoms with Crippen LogP contribution in [0.25, 0.3) is 0 Å². The molecular weight excluding hydrogens is 378 g/mol. The highest BCUT2D eigenvalue weighted by molar-refractivity contribution is 5.44. The number of hydrogen-bond acceptors (Lipinski definition) is 5. The molecule has 30 heavy (non-hydrogen) atoms. The highest BCUT2D eigenvalue weighted by atomic mass is 16.3. The summed E-state index contributed by atoms with van der Waals surface area (Å²) in [5, 5.41) is 39.4. The van der Waals surface area contributed by atoms with Crippen LogP contribution < -0.4 is 0 Å². The Morgan fingerprint density at radius 2 is 1.77 bits per heavy atom. The fourth-order valence-electron chi connectivity index (χ4n) is 3.56. The Morgan fingerprint density at radius 1 is 1.10 bits per heavy atom. The van der Waals surface area contributed by atoms with E-state index >= 15 is 0 Å². The van der Waals surface area contributed by atoms with Crippen molar-refractivity contribution in [2.75, 3.05) is 0 Å². The van der Waals surface area contributed by atoms with Crippen molar-refractivity contribution in [3.63, 3.8) is 0 Å². The number of aromatic hydroxyl groups is 1. The Balaban J connectivity index is 2.69. The molecule has 5 heteroatoms. The number of nitrogens with zero attached hydrogens (tertiary/aromatic N) is 1. The Bertz CT molecular complexity index is 780. The molecule has 1 heterocycles. The zero-order valence-electron chi connectivity index (χ0n) is 19.3. The number of aliphatic hydroxyl groups excluding tert-OH is 3. The molecule has 0 bridgehead atoms. The molecule has 1 rings (SSSR count). The molecule has 1 aromatic rings. The Hall–Kier alpha value is -1.95. The number of rotatable bonds is 11.